The highest BCUT2D eigenvalue weighted by atomic mass is 16.6. The number of rotatable bonds is 14. The predicted molar refractivity (Wildman–Crippen MR) is 163 cm³/mol. The minimum Gasteiger partial charge on any atom is -0.393 e. The molecule has 44 heavy (non-hydrogen) atoms. The lowest BCUT2D eigenvalue weighted by molar-refractivity contribution is -0.140. The van der Waals surface area contributed by atoms with Crippen molar-refractivity contribution in [1.29, 1.82) is 0 Å². The van der Waals surface area contributed by atoms with Crippen LogP contribution < -0.4 is 16.0 Å². The van der Waals surface area contributed by atoms with Crippen molar-refractivity contribution in [3.63, 3.8) is 0 Å². The van der Waals surface area contributed by atoms with E-state index in [1.165, 1.54) is 11.8 Å². The normalized spacial score (nSPS) is 20.5. The first-order valence-corrected chi connectivity index (χ1v) is 15.1. The molecule has 2 aromatic carbocycles. The number of nitrogens with one attached hydrogen (secondary N) is 3. The van der Waals surface area contributed by atoms with Crippen LogP contribution in [0.3, 0.4) is 0 Å². The number of ether oxygens (including phenoxy) is 1. The molecule has 11 heteroatoms. The zero-order chi connectivity index (χ0) is 31.9. The standard InChI is InChI=1S/C33H42N4O7/c1-21(2)16-26(30(41)33(19-38)20-44-33)35-31(42)27(17-23-11-13-25(14-12-23)24-8-5-4-6-9-24)36-32(43)28-10-7-15-37(28)29(40)18-34-22(3)39/h4-6,8-9,11-14,21,26-28,38H,7,10,15-20H2,1-3H3,(H,34,39)(H,35,42)(H,36,43)/t26-,27-,28-,33+/m0/s1. The first-order valence-electron chi connectivity index (χ1n) is 15.1. The van der Waals surface area contributed by atoms with Gasteiger partial charge in [0.15, 0.2) is 11.4 Å². The van der Waals surface area contributed by atoms with E-state index >= 15 is 0 Å². The number of amides is 4. The summed E-state index contributed by atoms with van der Waals surface area (Å²) in [6, 6.07) is 14.8. The third-order valence-electron chi connectivity index (χ3n) is 8.04. The fraction of sp³-hybridized carbons (Fsp3) is 0.485. The van der Waals surface area contributed by atoms with Gasteiger partial charge in [0, 0.05) is 19.9 Å². The molecule has 2 fully saturated rings. The Morgan fingerprint density at radius 1 is 0.977 bits per heavy atom. The summed E-state index contributed by atoms with van der Waals surface area (Å²) < 4.78 is 5.27. The summed E-state index contributed by atoms with van der Waals surface area (Å²) in [5.74, 6) is -2.10. The summed E-state index contributed by atoms with van der Waals surface area (Å²) >= 11 is 0. The summed E-state index contributed by atoms with van der Waals surface area (Å²) in [5, 5.41) is 17.9. The predicted octanol–water partition coefficient (Wildman–Crippen LogP) is 1.37. The van der Waals surface area contributed by atoms with Gasteiger partial charge in [-0.15, -0.1) is 0 Å². The number of aliphatic hydroxyl groups is 1. The second kappa shape index (κ2) is 14.6. The first-order chi connectivity index (χ1) is 21.0. The van der Waals surface area contributed by atoms with Crippen LogP contribution in [0.5, 0.6) is 0 Å². The van der Waals surface area contributed by atoms with Gasteiger partial charge in [-0.2, -0.15) is 0 Å². The molecule has 4 amide bonds. The average molecular weight is 607 g/mol. The number of Topliss-reactive ketones (excluding diaryl/α,β-unsaturated/α-hetero) is 1. The number of carbonyl (C=O) groups is 5. The van der Waals surface area contributed by atoms with Gasteiger partial charge in [0.1, 0.15) is 12.1 Å². The number of ketones is 1. The SMILES string of the molecule is CC(=O)NCC(=O)N1CCC[C@H]1C(=O)N[C@@H](Cc1ccc(-c2ccccc2)cc1)C(=O)N[C@@H](CC(C)C)C(=O)[C@@]1(CO)CO1. The van der Waals surface area contributed by atoms with Crippen LogP contribution in [0.15, 0.2) is 54.6 Å². The summed E-state index contributed by atoms with van der Waals surface area (Å²) in [6.07, 6.45) is 1.50. The Balaban J connectivity index is 1.54. The molecular weight excluding hydrogens is 564 g/mol. The Morgan fingerprint density at radius 2 is 1.64 bits per heavy atom. The molecule has 0 saturated carbocycles. The van der Waals surface area contributed by atoms with Crippen molar-refractivity contribution in [2.45, 2.75) is 70.2 Å². The fourth-order valence-electron chi connectivity index (χ4n) is 5.51. The van der Waals surface area contributed by atoms with Crippen LogP contribution in [0.2, 0.25) is 0 Å². The maximum atomic E-state index is 13.8. The van der Waals surface area contributed by atoms with E-state index in [-0.39, 0.29) is 37.3 Å². The van der Waals surface area contributed by atoms with Crippen molar-refractivity contribution in [3.8, 4) is 11.1 Å². The van der Waals surface area contributed by atoms with Crippen LogP contribution in [0.1, 0.15) is 45.6 Å². The number of epoxide rings is 1. The highest BCUT2D eigenvalue weighted by Gasteiger charge is 2.54. The summed E-state index contributed by atoms with van der Waals surface area (Å²) in [5.41, 5.74) is 1.53. The zero-order valence-electron chi connectivity index (χ0n) is 25.5. The third kappa shape index (κ3) is 8.29. The van der Waals surface area contributed by atoms with Gasteiger partial charge in [0.05, 0.1) is 25.8 Å². The van der Waals surface area contributed by atoms with Crippen molar-refractivity contribution < 1.29 is 33.8 Å². The lowest BCUT2D eigenvalue weighted by Crippen LogP contribution is -2.57. The van der Waals surface area contributed by atoms with Gasteiger partial charge in [-0.25, -0.2) is 0 Å². The molecule has 4 N–H and O–H groups in total. The molecule has 2 aromatic rings. The van der Waals surface area contributed by atoms with Gasteiger partial charge in [0.25, 0.3) is 0 Å². The van der Waals surface area contributed by atoms with E-state index in [9.17, 15) is 29.1 Å². The summed E-state index contributed by atoms with van der Waals surface area (Å²) in [4.78, 5) is 66.1. The Hall–Kier alpha value is -4.09. The number of likely N-dealkylation sites (tertiary alicyclic amines) is 1. The molecule has 2 aliphatic heterocycles. The molecule has 0 aliphatic carbocycles. The molecular formula is C33H42N4O7. The molecule has 0 spiro atoms. The number of carbonyl (C=O) groups excluding carboxylic acids is 5. The van der Waals surface area contributed by atoms with Crippen molar-refractivity contribution >= 4 is 29.4 Å². The number of aliphatic hydroxyl groups excluding tert-OH is 1. The van der Waals surface area contributed by atoms with E-state index in [1.807, 2.05) is 68.4 Å². The van der Waals surface area contributed by atoms with Crippen LogP contribution in [0.25, 0.3) is 11.1 Å². The minimum atomic E-state index is -1.31. The van der Waals surface area contributed by atoms with Crippen LogP contribution in [0, 0.1) is 5.92 Å². The van der Waals surface area contributed by atoms with E-state index in [0.717, 1.165) is 16.7 Å². The van der Waals surface area contributed by atoms with Gasteiger partial charge in [-0.3, -0.25) is 24.0 Å². The van der Waals surface area contributed by atoms with Crippen LogP contribution in [-0.2, 0) is 35.1 Å². The lowest BCUT2D eigenvalue weighted by Gasteiger charge is -2.28. The largest absolute Gasteiger partial charge is 0.393 e. The van der Waals surface area contributed by atoms with Crippen LogP contribution >= 0.6 is 0 Å². The molecule has 2 heterocycles. The van der Waals surface area contributed by atoms with Crippen molar-refractivity contribution in [2.75, 3.05) is 26.3 Å². The van der Waals surface area contributed by atoms with Crippen molar-refractivity contribution in [2.24, 2.45) is 5.92 Å². The highest BCUT2D eigenvalue weighted by Crippen LogP contribution is 2.30. The highest BCUT2D eigenvalue weighted by molar-refractivity contribution is 5.99. The maximum Gasteiger partial charge on any atom is 0.243 e. The van der Waals surface area contributed by atoms with E-state index in [4.69, 9.17) is 4.74 Å². The Labute approximate surface area is 257 Å². The van der Waals surface area contributed by atoms with Gasteiger partial charge >= 0.3 is 0 Å². The van der Waals surface area contributed by atoms with Gasteiger partial charge in [0.2, 0.25) is 23.6 Å². The second-order valence-electron chi connectivity index (χ2n) is 12.0. The van der Waals surface area contributed by atoms with Gasteiger partial charge in [-0.1, -0.05) is 68.4 Å². The summed E-state index contributed by atoms with van der Waals surface area (Å²) in [7, 11) is 0. The molecule has 4 rings (SSSR count). The molecule has 2 saturated heterocycles. The summed E-state index contributed by atoms with van der Waals surface area (Å²) in [6.45, 7) is 4.91. The molecule has 0 bridgehead atoms. The quantitative estimate of drug-likeness (QED) is 0.237. The fourth-order valence-corrected chi connectivity index (χ4v) is 5.51. The van der Waals surface area contributed by atoms with Crippen LogP contribution in [0.4, 0.5) is 0 Å². The third-order valence-corrected chi connectivity index (χ3v) is 8.04. The van der Waals surface area contributed by atoms with E-state index < -0.39 is 47.9 Å². The molecule has 4 atom stereocenters. The monoisotopic (exact) mass is 606 g/mol. The Morgan fingerprint density at radius 3 is 2.23 bits per heavy atom. The topological polar surface area (TPSA) is 157 Å². The van der Waals surface area contributed by atoms with Crippen molar-refractivity contribution in [1.82, 2.24) is 20.9 Å². The second-order valence-corrected chi connectivity index (χ2v) is 12.0. The molecule has 0 aromatic heterocycles. The molecule has 2 aliphatic rings. The molecule has 0 unspecified atom stereocenters. The van der Waals surface area contributed by atoms with Crippen molar-refractivity contribution in [3.05, 3.63) is 60.2 Å². The van der Waals surface area contributed by atoms with E-state index in [2.05, 4.69) is 16.0 Å². The van der Waals surface area contributed by atoms with Crippen LogP contribution in [-0.4, -0.2) is 89.4 Å². The number of nitrogens with zero attached hydrogens (tertiary/aromatic N) is 1. The van der Waals surface area contributed by atoms with Gasteiger partial charge in [-0.05, 0) is 41.9 Å². The Kier molecular flexibility index (Phi) is 10.9. The maximum absolute atomic E-state index is 13.8. The zero-order valence-corrected chi connectivity index (χ0v) is 25.5. The minimum absolute atomic E-state index is 0.0546. The number of hydrogen-bond acceptors (Lipinski definition) is 7. The lowest BCUT2D eigenvalue weighted by atomic mass is 9.92. The average Bonchev–Trinajstić information content (AvgIpc) is 3.66. The molecule has 0 radical (unpaired) electrons. The molecule has 236 valence electrons. The smallest absolute Gasteiger partial charge is 0.243 e. The first kappa shape index (κ1) is 32.8. The van der Waals surface area contributed by atoms with Gasteiger partial charge < -0.3 is 30.7 Å². The molecule has 11 nitrogen and oxygen atoms in total. The number of benzene rings is 2. The van der Waals surface area contributed by atoms with E-state index in [0.29, 0.717) is 25.8 Å². The van der Waals surface area contributed by atoms with E-state index in [1.54, 1.807) is 0 Å². The number of hydrogen-bond donors (Lipinski definition) is 4. The Bertz CT molecular complexity index is 1340.